The molecular weight excluding hydrogens is 232 g/mol. The van der Waals surface area contributed by atoms with Crippen LogP contribution in [0.4, 0.5) is 4.79 Å². The predicted molar refractivity (Wildman–Crippen MR) is 67.9 cm³/mol. The average molecular weight is 250 g/mol. The highest BCUT2D eigenvalue weighted by molar-refractivity contribution is 5.75. The molecule has 0 fully saturated rings. The van der Waals surface area contributed by atoms with Crippen LogP contribution in [-0.4, -0.2) is 37.6 Å². The van der Waals surface area contributed by atoms with Crippen molar-refractivity contribution in [3.63, 3.8) is 0 Å². The molecule has 1 aromatic rings. The molecule has 2 amide bonds. The van der Waals surface area contributed by atoms with E-state index >= 15 is 0 Å². The van der Waals surface area contributed by atoms with Crippen LogP contribution in [-0.2, 0) is 16.1 Å². The molecule has 0 aliphatic rings. The van der Waals surface area contributed by atoms with Crippen molar-refractivity contribution in [1.82, 2.24) is 10.2 Å². The minimum absolute atomic E-state index is 0.200. The monoisotopic (exact) mass is 250 g/mol. The first-order chi connectivity index (χ1) is 8.63. The fourth-order valence-corrected chi connectivity index (χ4v) is 1.37. The van der Waals surface area contributed by atoms with E-state index in [1.54, 1.807) is 7.05 Å². The van der Waals surface area contributed by atoms with Gasteiger partial charge in [-0.1, -0.05) is 30.3 Å². The van der Waals surface area contributed by atoms with Gasteiger partial charge in [0, 0.05) is 20.1 Å². The molecule has 0 aliphatic heterocycles. The van der Waals surface area contributed by atoms with Gasteiger partial charge in [-0.25, -0.2) is 4.79 Å². The van der Waals surface area contributed by atoms with Crippen molar-refractivity contribution >= 4 is 12.0 Å². The number of carbonyl (C=O) groups excluding carboxylic acids is 2. The fraction of sp³-hybridized carbons (Fsp3) is 0.385. The van der Waals surface area contributed by atoms with Gasteiger partial charge in [-0.2, -0.15) is 0 Å². The quantitative estimate of drug-likeness (QED) is 0.803. The highest BCUT2D eigenvalue weighted by Gasteiger charge is 2.10. The van der Waals surface area contributed by atoms with Crippen LogP contribution in [0.25, 0.3) is 0 Å². The van der Waals surface area contributed by atoms with E-state index in [0.717, 1.165) is 5.56 Å². The topological polar surface area (TPSA) is 58.6 Å². The van der Waals surface area contributed by atoms with Crippen LogP contribution < -0.4 is 5.32 Å². The third-order valence-electron chi connectivity index (χ3n) is 2.51. The van der Waals surface area contributed by atoms with Crippen molar-refractivity contribution in [2.75, 3.05) is 20.7 Å². The van der Waals surface area contributed by atoms with Crippen molar-refractivity contribution in [2.24, 2.45) is 0 Å². The van der Waals surface area contributed by atoms with E-state index in [2.05, 4.69) is 10.1 Å². The largest absolute Gasteiger partial charge is 0.469 e. The van der Waals surface area contributed by atoms with E-state index in [1.807, 2.05) is 30.3 Å². The number of hydrogen-bond donors (Lipinski definition) is 1. The van der Waals surface area contributed by atoms with Crippen LogP contribution in [0.1, 0.15) is 12.0 Å². The Kier molecular flexibility index (Phi) is 5.70. The van der Waals surface area contributed by atoms with Gasteiger partial charge < -0.3 is 15.0 Å². The molecule has 0 aromatic heterocycles. The molecule has 5 heteroatoms. The number of benzene rings is 1. The fourth-order valence-electron chi connectivity index (χ4n) is 1.37. The molecule has 0 saturated carbocycles. The molecule has 0 spiro atoms. The van der Waals surface area contributed by atoms with Crippen molar-refractivity contribution in [2.45, 2.75) is 13.0 Å². The molecule has 1 aromatic carbocycles. The van der Waals surface area contributed by atoms with Gasteiger partial charge in [0.15, 0.2) is 0 Å². The van der Waals surface area contributed by atoms with Crippen LogP contribution in [0.15, 0.2) is 30.3 Å². The van der Waals surface area contributed by atoms with Crippen molar-refractivity contribution < 1.29 is 14.3 Å². The molecular formula is C13H18N2O3. The number of methoxy groups -OCH3 is 1. The molecule has 18 heavy (non-hydrogen) atoms. The lowest BCUT2D eigenvalue weighted by Gasteiger charge is -2.17. The lowest BCUT2D eigenvalue weighted by molar-refractivity contribution is -0.140. The molecule has 0 atom stereocenters. The SMILES string of the molecule is COC(=O)CCN(C)C(=O)NCc1ccccc1. The molecule has 1 N–H and O–H groups in total. The minimum Gasteiger partial charge on any atom is -0.469 e. The summed E-state index contributed by atoms with van der Waals surface area (Å²) in [6.45, 7) is 0.815. The molecule has 98 valence electrons. The van der Waals surface area contributed by atoms with Crippen molar-refractivity contribution in [3.05, 3.63) is 35.9 Å². The van der Waals surface area contributed by atoms with Crippen molar-refractivity contribution in [3.8, 4) is 0 Å². The number of nitrogens with one attached hydrogen (secondary N) is 1. The number of rotatable bonds is 5. The van der Waals surface area contributed by atoms with Crippen LogP contribution >= 0.6 is 0 Å². The summed E-state index contributed by atoms with van der Waals surface area (Å²) in [5.74, 6) is -0.322. The summed E-state index contributed by atoms with van der Waals surface area (Å²) in [6.07, 6.45) is 0.200. The lowest BCUT2D eigenvalue weighted by Crippen LogP contribution is -2.38. The van der Waals surface area contributed by atoms with Gasteiger partial charge in [0.1, 0.15) is 0 Å². The summed E-state index contributed by atoms with van der Waals surface area (Å²) >= 11 is 0. The maximum atomic E-state index is 11.7. The van der Waals surface area contributed by atoms with E-state index in [0.29, 0.717) is 13.1 Å². The smallest absolute Gasteiger partial charge is 0.317 e. The Morgan fingerprint density at radius 1 is 1.28 bits per heavy atom. The molecule has 1 rings (SSSR count). The Morgan fingerprint density at radius 3 is 2.56 bits per heavy atom. The van der Waals surface area contributed by atoms with Gasteiger partial charge in [0.05, 0.1) is 13.5 Å². The Bertz CT molecular complexity index is 392. The predicted octanol–water partition coefficient (Wildman–Crippen LogP) is 1.39. The summed E-state index contributed by atoms with van der Waals surface area (Å²) in [5.41, 5.74) is 1.03. The summed E-state index contributed by atoms with van der Waals surface area (Å²) in [6, 6.07) is 9.44. The molecule has 5 nitrogen and oxygen atoms in total. The number of carbonyl (C=O) groups is 2. The number of hydrogen-bond acceptors (Lipinski definition) is 3. The first-order valence-corrected chi connectivity index (χ1v) is 5.73. The van der Waals surface area contributed by atoms with E-state index in [-0.39, 0.29) is 18.4 Å². The Hall–Kier alpha value is -2.04. The van der Waals surface area contributed by atoms with E-state index in [9.17, 15) is 9.59 Å². The molecule has 0 radical (unpaired) electrons. The zero-order valence-corrected chi connectivity index (χ0v) is 10.7. The van der Waals surface area contributed by atoms with Gasteiger partial charge in [0.25, 0.3) is 0 Å². The number of ether oxygens (including phenoxy) is 1. The van der Waals surface area contributed by atoms with E-state index in [1.165, 1.54) is 12.0 Å². The number of nitrogens with zero attached hydrogens (tertiary/aromatic N) is 1. The van der Waals surface area contributed by atoms with Crippen molar-refractivity contribution in [1.29, 1.82) is 0 Å². The van der Waals surface area contributed by atoms with Gasteiger partial charge in [-0.15, -0.1) is 0 Å². The van der Waals surface area contributed by atoms with Gasteiger partial charge in [-0.05, 0) is 5.56 Å². The highest BCUT2D eigenvalue weighted by atomic mass is 16.5. The third kappa shape index (κ3) is 4.86. The second kappa shape index (κ2) is 7.32. The van der Waals surface area contributed by atoms with Crippen LogP contribution in [0, 0.1) is 0 Å². The number of esters is 1. The number of urea groups is 1. The zero-order chi connectivity index (χ0) is 13.4. The normalized spacial score (nSPS) is 9.67. The first kappa shape index (κ1) is 14.0. The molecule has 0 unspecified atom stereocenters. The van der Waals surface area contributed by atoms with E-state index < -0.39 is 0 Å². The third-order valence-corrected chi connectivity index (χ3v) is 2.51. The van der Waals surface area contributed by atoms with Crippen LogP contribution in [0.3, 0.4) is 0 Å². The molecule has 0 saturated heterocycles. The van der Waals surface area contributed by atoms with Crippen LogP contribution in [0.5, 0.6) is 0 Å². The summed E-state index contributed by atoms with van der Waals surface area (Å²) in [4.78, 5) is 24.1. The molecule has 0 heterocycles. The van der Waals surface area contributed by atoms with Crippen LogP contribution in [0.2, 0.25) is 0 Å². The second-order valence-corrected chi connectivity index (χ2v) is 3.89. The Balaban J connectivity index is 2.30. The second-order valence-electron chi connectivity index (χ2n) is 3.89. The lowest BCUT2D eigenvalue weighted by atomic mass is 10.2. The standard InChI is InChI=1S/C13H18N2O3/c1-15(9-8-12(16)18-2)13(17)14-10-11-6-4-3-5-7-11/h3-7H,8-10H2,1-2H3,(H,14,17). The zero-order valence-electron chi connectivity index (χ0n) is 10.7. The Labute approximate surface area is 107 Å². The van der Waals surface area contributed by atoms with Gasteiger partial charge in [0.2, 0.25) is 0 Å². The minimum atomic E-state index is -0.322. The molecule has 0 aliphatic carbocycles. The first-order valence-electron chi connectivity index (χ1n) is 5.73. The summed E-state index contributed by atoms with van der Waals surface area (Å²) in [7, 11) is 2.97. The van der Waals surface area contributed by atoms with E-state index in [4.69, 9.17) is 0 Å². The maximum absolute atomic E-state index is 11.7. The summed E-state index contributed by atoms with van der Waals surface area (Å²) in [5, 5.41) is 2.78. The Morgan fingerprint density at radius 2 is 1.94 bits per heavy atom. The average Bonchev–Trinajstić information content (AvgIpc) is 2.42. The highest BCUT2D eigenvalue weighted by Crippen LogP contribution is 1.98. The van der Waals surface area contributed by atoms with Gasteiger partial charge >= 0.3 is 12.0 Å². The van der Waals surface area contributed by atoms with Gasteiger partial charge in [-0.3, -0.25) is 4.79 Å². The number of amides is 2. The summed E-state index contributed by atoms with van der Waals surface area (Å²) < 4.78 is 4.51. The maximum Gasteiger partial charge on any atom is 0.317 e. The molecule has 0 bridgehead atoms.